The second-order valence-electron chi connectivity index (χ2n) is 3.58. The molecule has 0 spiro atoms. The maximum absolute atomic E-state index is 11.0. The third kappa shape index (κ3) is 4.51. The molecule has 0 aliphatic rings. The summed E-state index contributed by atoms with van der Waals surface area (Å²) in [5.74, 6) is 6.95. The SMILES string of the molecule is CC(=O)c1ccc(C#CCCCCCl)cc1. The molecule has 2 heteroatoms. The van der Waals surface area contributed by atoms with Crippen LogP contribution in [0.15, 0.2) is 24.3 Å². The predicted molar refractivity (Wildman–Crippen MR) is 67.9 cm³/mol. The van der Waals surface area contributed by atoms with E-state index in [2.05, 4.69) is 11.8 Å². The van der Waals surface area contributed by atoms with Gasteiger partial charge >= 0.3 is 0 Å². The number of alkyl halides is 1. The third-order valence-corrected chi connectivity index (χ3v) is 2.48. The topological polar surface area (TPSA) is 17.1 Å². The molecule has 0 unspecified atom stereocenters. The number of ketones is 1. The predicted octanol–water partition coefficient (Wildman–Crippen LogP) is 3.65. The van der Waals surface area contributed by atoms with Gasteiger partial charge in [0.05, 0.1) is 0 Å². The van der Waals surface area contributed by atoms with Crippen LogP contribution in [0, 0.1) is 11.8 Å². The number of halogens is 1. The van der Waals surface area contributed by atoms with Crippen molar-refractivity contribution in [3.05, 3.63) is 35.4 Å². The Morgan fingerprint density at radius 1 is 1.25 bits per heavy atom. The van der Waals surface area contributed by atoms with Crippen molar-refractivity contribution < 1.29 is 4.79 Å². The number of Topliss-reactive ketones (excluding diaryl/α,β-unsaturated/α-hetero) is 1. The number of benzene rings is 1. The summed E-state index contributed by atoms with van der Waals surface area (Å²) in [7, 11) is 0. The summed E-state index contributed by atoms with van der Waals surface area (Å²) in [5, 5.41) is 0. The third-order valence-electron chi connectivity index (χ3n) is 2.21. The van der Waals surface area contributed by atoms with E-state index in [-0.39, 0.29) is 5.78 Å². The maximum atomic E-state index is 11.0. The number of hydrogen-bond acceptors (Lipinski definition) is 1. The van der Waals surface area contributed by atoms with E-state index in [1.807, 2.05) is 24.3 Å². The lowest BCUT2D eigenvalue weighted by molar-refractivity contribution is 0.101. The molecule has 0 bridgehead atoms. The van der Waals surface area contributed by atoms with Crippen molar-refractivity contribution in [2.75, 3.05) is 5.88 Å². The van der Waals surface area contributed by atoms with E-state index in [0.29, 0.717) is 5.88 Å². The molecule has 1 rings (SSSR count). The summed E-state index contributed by atoms with van der Waals surface area (Å²) in [6, 6.07) is 7.38. The van der Waals surface area contributed by atoms with Crippen LogP contribution in [-0.4, -0.2) is 11.7 Å². The van der Waals surface area contributed by atoms with Crippen LogP contribution in [0.3, 0.4) is 0 Å². The van der Waals surface area contributed by atoms with E-state index in [9.17, 15) is 4.79 Å². The Balaban J connectivity index is 2.51. The quantitative estimate of drug-likeness (QED) is 0.336. The number of unbranched alkanes of at least 4 members (excludes halogenated alkanes) is 2. The molecule has 1 aromatic carbocycles. The van der Waals surface area contributed by atoms with Gasteiger partial charge in [-0.25, -0.2) is 0 Å². The van der Waals surface area contributed by atoms with Gasteiger partial charge in [0.15, 0.2) is 5.78 Å². The fourth-order valence-electron chi connectivity index (χ4n) is 1.26. The van der Waals surface area contributed by atoms with Crippen LogP contribution < -0.4 is 0 Å². The van der Waals surface area contributed by atoms with Crippen molar-refractivity contribution in [1.82, 2.24) is 0 Å². The lowest BCUT2D eigenvalue weighted by Crippen LogP contribution is -1.90. The Kier molecular flexibility index (Phi) is 5.67. The molecule has 0 saturated carbocycles. The van der Waals surface area contributed by atoms with Gasteiger partial charge < -0.3 is 0 Å². The molecular formula is C14H15ClO. The van der Waals surface area contributed by atoms with Gasteiger partial charge in [-0.05, 0) is 31.9 Å². The van der Waals surface area contributed by atoms with Crippen molar-refractivity contribution in [2.45, 2.75) is 26.2 Å². The molecule has 16 heavy (non-hydrogen) atoms. The zero-order chi connectivity index (χ0) is 11.8. The Bertz CT molecular complexity index is 395. The first kappa shape index (κ1) is 12.8. The highest BCUT2D eigenvalue weighted by Gasteiger charge is 1.96. The molecule has 0 aliphatic carbocycles. The molecule has 0 aromatic heterocycles. The van der Waals surface area contributed by atoms with E-state index in [1.54, 1.807) is 6.92 Å². The Hall–Kier alpha value is -1.26. The molecule has 0 heterocycles. The first-order valence-electron chi connectivity index (χ1n) is 5.40. The van der Waals surface area contributed by atoms with E-state index >= 15 is 0 Å². The van der Waals surface area contributed by atoms with Gasteiger partial charge in [0.25, 0.3) is 0 Å². The van der Waals surface area contributed by atoms with E-state index < -0.39 is 0 Å². The first-order chi connectivity index (χ1) is 7.74. The largest absolute Gasteiger partial charge is 0.295 e. The fourth-order valence-corrected chi connectivity index (χ4v) is 1.45. The van der Waals surface area contributed by atoms with Crippen molar-refractivity contribution in [3.63, 3.8) is 0 Å². The Morgan fingerprint density at radius 3 is 2.50 bits per heavy atom. The smallest absolute Gasteiger partial charge is 0.159 e. The number of hydrogen-bond donors (Lipinski definition) is 0. The van der Waals surface area contributed by atoms with Gasteiger partial charge in [0, 0.05) is 23.4 Å². The van der Waals surface area contributed by atoms with Crippen LogP contribution in [0.2, 0.25) is 0 Å². The number of rotatable bonds is 4. The first-order valence-corrected chi connectivity index (χ1v) is 5.93. The summed E-state index contributed by atoms with van der Waals surface area (Å²) < 4.78 is 0. The minimum atomic E-state index is 0.0848. The fraction of sp³-hybridized carbons (Fsp3) is 0.357. The van der Waals surface area contributed by atoms with Gasteiger partial charge in [0.1, 0.15) is 0 Å². The molecule has 0 saturated heterocycles. The average molecular weight is 235 g/mol. The number of carbonyl (C=O) groups excluding carboxylic acids is 1. The van der Waals surface area contributed by atoms with Gasteiger partial charge in [-0.15, -0.1) is 11.6 Å². The maximum Gasteiger partial charge on any atom is 0.159 e. The van der Waals surface area contributed by atoms with Gasteiger partial charge in [-0.3, -0.25) is 4.79 Å². The minimum Gasteiger partial charge on any atom is -0.295 e. The molecule has 84 valence electrons. The van der Waals surface area contributed by atoms with Crippen molar-refractivity contribution >= 4 is 17.4 Å². The standard InChI is InChI=1S/C14H15ClO/c1-12(16)14-9-7-13(8-10-14)6-4-2-3-5-11-15/h7-10H,2-3,5,11H2,1H3. The normalized spacial score (nSPS) is 9.38. The van der Waals surface area contributed by atoms with Gasteiger partial charge in [0.2, 0.25) is 0 Å². The Labute approximate surface area is 102 Å². The van der Waals surface area contributed by atoms with Crippen LogP contribution in [-0.2, 0) is 0 Å². The molecule has 0 radical (unpaired) electrons. The van der Waals surface area contributed by atoms with Crippen LogP contribution in [0.5, 0.6) is 0 Å². The lowest BCUT2D eigenvalue weighted by atomic mass is 10.1. The molecule has 0 amide bonds. The molecule has 0 N–H and O–H groups in total. The highest BCUT2D eigenvalue weighted by atomic mass is 35.5. The van der Waals surface area contributed by atoms with Crippen LogP contribution in [0.4, 0.5) is 0 Å². The molecule has 1 nitrogen and oxygen atoms in total. The highest BCUT2D eigenvalue weighted by molar-refractivity contribution is 6.17. The average Bonchev–Trinajstić information content (AvgIpc) is 2.29. The minimum absolute atomic E-state index is 0.0848. The lowest BCUT2D eigenvalue weighted by Gasteiger charge is -1.94. The molecular weight excluding hydrogens is 220 g/mol. The zero-order valence-corrected chi connectivity index (χ0v) is 10.2. The second-order valence-corrected chi connectivity index (χ2v) is 3.96. The zero-order valence-electron chi connectivity index (χ0n) is 9.42. The van der Waals surface area contributed by atoms with Crippen molar-refractivity contribution in [2.24, 2.45) is 0 Å². The summed E-state index contributed by atoms with van der Waals surface area (Å²) in [5.41, 5.74) is 1.68. The van der Waals surface area contributed by atoms with E-state index in [0.717, 1.165) is 30.4 Å². The second kappa shape index (κ2) is 7.09. The van der Waals surface area contributed by atoms with Crippen molar-refractivity contribution in [1.29, 1.82) is 0 Å². The molecule has 1 aromatic rings. The van der Waals surface area contributed by atoms with Gasteiger partial charge in [-0.2, -0.15) is 0 Å². The molecule has 0 atom stereocenters. The van der Waals surface area contributed by atoms with Crippen molar-refractivity contribution in [3.8, 4) is 11.8 Å². The van der Waals surface area contributed by atoms with Crippen LogP contribution in [0.25, 0.3) is 0 Å². The molecule has 0 fully saturated rings. The monoisotopic (exact) mass is 234 g/mol. The Morgan fingerprint density at radius 2 is 1.94 bits per heavy atom. The van der Waals surface area contributed by atoms with E-state index in [4.69, 9.17) is 11.6 Å². The summed E-state index contributed by atoms with van der Waals surface area (Å²) in [6.07, 6.45) is 2.93. The van der Waals surface area contributed by atoms with Crippen LogP contribution >= 0.6 is 11.6 Å². The molecule has 0 aliphatic heterocycles. The highest BCUT2D eigenvalue weighted by Crippen LogP contribution is 2.04. The summed E-state index contributed by atoms with van der Waals surface area (Å²) in [4.78, 5) is 11.0. The summed E-state index contributed by atoms with van der Waals surface area (Å²) >= 11 is 5.56. The van der Waals surface area contributed by atoms with E-state index in [1.165, 1.54) is 0 Å². The van der Waals surface area contributed by atoms with Gasteiger partial charge in [-0.1, -0.05) is 24.0 Å². The van der Waals surface area contributed by atoms with Crippen LogP contribution in [0.1, 0.15) is 42.1 Å². The summed E-state index contributed by atoms with van der Waals surface area (Å²) in [6.45, 7) is 1.56. The number of carbonyl (C=O) groups is 1.